The zero-order chi connectivity index (χ0) is 29.4. The van der Waals surface area contributed by atoms with E-state index in [-0.39, 0.29) is 12.5 Å². The van der Waals surface area contributed by atoms with Crippen LogP contribution in [0, 0.1) is 0 Å². The molecule has 5 rings (SSSR count). The molecule has 0 fully saturated rings. The maximum absolute atomic E-state index is 11.6. The van der Waals surface area contributed by atoms with Gasteiger partial charge in [-0.3, -0.25) is 10.6 Å². The van der Waals surface area contributed by atoms with E-state index in [1.165, 1.54) is 0 Å². The monoisotopic (exact) mass is 567 g/mol. The molecule has 0 spiro atoms. The Bertz CT molecular complexity index is 1430. The summed E-state index contributed by atoms with van der Waals surface area (Å²) in [5, 5.41) is 32.6. The third-order valence-electron chi connectivity index (χ3n) is 7.20. The van der Waals surface area contributed by atoms with Gasteiger partial charge in [0.25, 0.3) is 0 Å². The van der Waals surface area contributed by atoms with Gasteiger partial charge in [0, 0.05) is 19.6 Å². The van der Waals surface area contributed by atoms with E-state index in [0.717, 1.165) is 29.7 Å². The van der Waals surface area contributed by atoms with Gasteiger partial charge in [-0.2, -0.15) is 5.10 Å². The largest absolute Gasteiger partial charge is 0.465 e. The van der Waals surface area contributed by atoms with Crippen molar-refractivity contribution in [1.82, 2.24) is 20.4 Å². The van der Waals surface area contributed by atoms with Gasteiger partial charge in [0.15, 0.2) is 0 Å². The van der Waals surface area contributed by atoms with E-state index < -0.39 is 17.7 Å². The number of benzene rings is 3. The summed E-state index contributed by atoms with van der Waals surface area (Å²) in [5.41, 5.74) is 3.06. The highest BCUT2D eigenvalue weighted by Gasteiger charge is 2.35. The molecule has 4 aromatic rings. The van der Waals surface area contributed by atoms with E-state index in [0.29, 0.717) is 31.0 Å². The summed E-state index contributed by atoms with van der Waals surface area (Å²) in [4.78, 5) is 28.3. The Labute approximate surface area is 243 Å². The first-order valence-electron chi connectivity index (χ1n) is 13.8. The Hall–Kier alpha value is -5.16. The minimum Gasteiger partial charge on any atom is -0.465 e. The van der Waals surface area contributed by atoms with Crippen LogP contribution in [0.15, 0.2) is 102 Å². The van der Waals surface area contributed by atoms with Crippen molar-refractivity contribution in [2.45, 2.75) is 24.9 Å². The van der Waals surface area contributed by atoms with Crippen LogP contribution >= 0.6 is 0 Å². The molecular formula is C31H33N7O4. The summed E-state index contributed by atoms with van der Waals surface area (Å²) >= 11 is 0. The van der Waals surface area contributed by atoms with Crippen molar-refractivity contribution in [2.24, 2.45) is 4.99 Å². The molecule has 42 heavy (non-hydrogen) atoms. The summed E-state index contributed by atoms with van der Waals surface area (Å²) in [6.07, 6.45) is 0.0841. The quantitative estimate of drug-likeness (QED) is 0.0842. The van der Waals surface area contributed by atoms with Crippen LogP contribution < -0.4 is 20.9 Å². The lowest BCUT2D eigenvalue weighted by atomic mass is 9.77. The number of hydrogen-bond donors (Lipinski definition) is 5. The van der Waals surface area contributed by atoms with Gasteiger partial charge < -0.3 is 20.4 Å². The van der Waals surface area contributed by atoms with Crippen LogP contribution in [-0.2, 0) is 12.1 Å². The second kappa shape index (κ2) is 13.0. The van der Waals surface area contributed by atoms with Crippen molar-refractivity contribution >= 4 is 29.7 Å². The molecule has 216 valence electrons. The average Bonchev–Trinajstić information content (AvgIpc) is 3.44. The smallest absolute Gasteiger partial charge is 0.434 e. The van der Waals surface area contributed by atoms with E-state index in [9.17, 15) is 19.8 Å². The number of fused-ring (bicyclic) bond motifs is 1. The Morgan fingerprint density at radius 2 is 1.50 bits per heavy atom. The highest BCUT2D eigenvalue weighted by Crippen LogP contribution is 2.37. The van der Waals surface area contributed by atoms with Crippen LogP contribution in [0.5, 0.6) is 0 Å². The Morgan fingerprint density at radius 3 is 2.02 bits per heavy atom. The fourth-order valence-electron chi connectivity index (χ4n) is 5.43. The molecule has 0 radical (unpaired) electrons. The summed E-state index contributed by atoms with van der Waals surface area (Å²) in [6.45, 7) is 2.18. The first kappa shape index (κ1) is 28.4. The summed E-state index contributed by atoms with van der Waals surface area (Å²) in [5.74, 6) is 0.380. The maximum atomic E-state index is 11.6. The van der Waals surface area contributed by atoms with E-state index in [2.05, 4.69) is 62.4 Å². The number of guanidine groups is 1. The van der Waals surface area contributed by atoms with Crippen molar-refractivity contribution in [1.29, 1.82) is 0 Å². The van der Waals surface area contributed by atoms with Crippen LogP contribution in [0.25, 0.3) is 0 Å². The van der Waals surface area contributed by atoms with Crippen LogP contribution in [0.4, 0.5) is 21.1 Å². The summed E-state index contributed by atoms with van der Waals surface area (Å²) in [7, 11) is 0. The first-order valence-corrected chi connectivity index (χ1v) is 13.8. The third kappa shape index (κ3) is 6.11. The van der Waals surface area contributed by atoms with Crippen molar-refractivity contribution in [2.75, 3.05) is 29.9 Å². The lowest BCUT2D eigenvalue weighted by Gasteiger charge is -2.37. The van der Waals surface area contributed by atoms with Crippen molar-refractivity contribution in [3.8, 4) is 0 Å². The average molecular weight is 568 g/mol. The van der Waals surface area contributed by atoms with E-state index in [4.69, 9.17) is 0 Å². The number of carbonyl (C=O) groups is 2. The zero-order valence-corrected chi connectivity index (χ0v) is 23.0. The van der Waals surface area contributed by atoms with Crippen molar-refractivity contribution in [3.05, 3.63) is 114 Å². The Kier molecular flexibility index (Phi) is 8.78. The number of amides is 2. The molecule has 0 unspecified atom stereocenters. The van der Waals surface area contributed by atoms with Gasteiger partial charge in [0.2, 0.25) is 5.96 Å². The highest BCUT2D eigenvalue weighted by atomic mass is 16.4. The maximum Gasteiger partial charge on any atom is 0.434 e. The number of aromatic nitrogens is 2. The fourth-order valence-corrected chi connectivity index (χ4v) is 5.43. The number of anilines is 2. The number of rotatable bonds is 9. The lowest BCUT2D eigenvalue weighted by Crippen LogP contribution is -2.48. The molecule has 0 saturated heterocycles. The molecule has 3 aromatic carbocycles. The first-order chi connectivity index (χ1) is 20.5. The van der Waals surface area contributed by atoms with Gasteiger partial charge in [-0.05, 0) is 36.1 Å². The summed E-state index contributed by atoms with van der Waals surface area (Å²) in [6, 6.07) is 30.6. The number of aryl methyl sites for hydroxylation is 1. The van der Waals surface area contributed by atoms with Gasteiger partial charge in [-0.15, -0.1) is 4.99 Å². The minimum atomic E-state index is -1.51. The molecule has 1 aliphatic heterocycles. The molecule has 11 heteroatoms. The summed E-state index contributed by atoms with van der Waals surface area (Å²) < 4.78 is 1.79. The molecule has 1 aromatic heterocycles. The van der Waals surface area contributed by atoms with Crippen LogP contribution in [0.2, 0.25) is 0 Å². The Balaban J connectivity index is 1.48. The van der Waals surface area contributed by atoms with Gasteiger partial charge in [-0.1, -0.05) is 91.0 Å². The predicted octanol–water partition coefficient (Wildman–Crippen LogP) is 4.78. The van der Waals surface area contributed by atoms with Gasteiger partial charge in [0.1, 0.15) is 11.5 Å². The van der Waals surface area contributed by atoms with E-state index in [1.807, 2.05) is 54.6 Å². The molecule has 2 amide bonds. The minimum absolute atomic E-state index is 0.258. The normalized spacial score (nSPS) is 13.1. The van der Waals surface area contributed by atoms with Gasteiger partial charge in [-0.25, -0.2) is 14.3 Å². The molecule has 1 aliphatic rings. The van der Waals surface area contributed by atoms with Crippen molar-refractivity contribution in [3.63, 3.8) is 0 Å². The van der Waals surface area contributed by atoms with Crippen LogP contribution in [0.3, 0.4) is 0 Å². The zero-order valence-electron chi connectivity index (χ0n) is 23.0. The topological polar surface area (TPSA) is 144 Å². The number of nitrogens with zero attached hydrogens (tertiary/aromatic N) is 4. The number of nitrogens with one attached hydrogen (secondary N) is 3. The molecule has 0 saturated carbocycles. The van der Waals surface area contributed by atoms with Gasteiger partial charge in [0.05, 0.1) is 11.7 Å². The van der Waals surface area contributed by atoms with Crippen LogP contribution in [0.1, 0.15) is 29.5 Å². The second-order valence-electron chi connectivity index (χ2n) is 9.81. The number of hydrogen-bond acceptors (Lipinski definition) is 5. The number of aliphatic imine (C=N–C) groups is 1. The lowest BCUT2D eigenvalue weighted by molar-refractivity contribution is 0.200. The Morgan fingerprint density at radius 1 is 0.929 bits per heavy atom. The second-order valence-corrected chi connectivity index (χ2v) is 9.81. The van der Waals surface area contributed by atoms with Crippen molar-refractivity contribution < 1.29 is 19.8 Å². The molecule has 0 bridgehead atoms. The predicted molar refractivity (Wildman–Crippen MR) is 161 cm³/mol. The standard InChI is InChI=1S/C31H33N7O4/c39-29(40)35-28(36-30(41)42)37(26-22-34-38-21-10-18-32-27(26)38)20-11-19-33-31(23-12-4-1-5-13-23,24-14-6-2-7-15-24)25-16-8-3-9-17-25/h1-9,12-17,22,32-33H,10-11,18-21H2,(H,35,36)(H,39,40)(H,41,42). The van der Waals surface area contributed by atoms with Gasteiger partial charge >= 0.3 is 12.2 Å². The van der Waals surface area contributed by atoms with E-state index in [1.54, 1.807) is 15.8 Å². The van der Waals surface area contributed by atoms with Crippen LogP contribution in [-0.4, -0.2) is 57.8 Å². The SMILES string of the molecule is O=C(O)N=C(NC(=O)O)N(CCCNC(c1ccccc1)(c1ccccc1)c1ccccc1)c1cnn2c1NCCC2. The molecule has 0 aliphatic carbocycles. The highest BCUT2D eigenvalue weighted by molar-refractivity contribution is 6.08. The third-order valence-corrected chi connectivity index (χ3v) is 7.20. The fraction of sp³-hybridized carbons (Fsp3) is 0.226. The molecule has 2 heterocycles. The molecule has 0 atom stereocenters. The van der Waals surface area contributed by atoms with E-state index >= 15 is 0 Å². The molecular weight excluding hydrogens is 534 g/mol. The molecule has 5 N–H and O–H groups in total. The number of carboxylic acid groups (broad SMARTS) is 2. The molecule has 11 nitrogen and oxygen atoms in total.